The van der Waals surface area contributed by atoms with Crippen molar-refractivity contribution >= 4 is 5.97 Å². The van der Waals surface area contributed by atoms with Gasteiger partial charge >= 0.3 is 5.97 Å². The molecule has 2 aromatic carbocycles. The Balaban J connectivity index is 1.64. The molecule has 0 aromatic heterocycles. The number of ether oxygens (including phenoxy) is 2. The van der Waals surface area contributed by atoms with E-state index in [4.69, 9.17) is 9.47 Å². The number of methoxy groups -OCH3 is 1. The summed E-state index contributed by atoms with van der Waals surface area (Å²) >= 11 is 0. The molecule has 0 atom stereocenters. The van der Waals surface area contributed by atoms with Crippen molar-refractivity contribution < 1.29 is 14.3 Å². The van der Waals surface area contributed by atoms with E-state index < -0.39 is 0 Å². The van der Waals surface area contributed by atoms with E-state index in [0.717, 1.165) is 48.5 Å². The molecule has 1 aliphatic carbocycles. The van der Waals surface area contributed by atoms with Crippen LogP contribution in [0.25, 0.3) is 11.1 Å². The Morgan fingerprint density at radius 1 is 0.875 bits per heavy atom. The third-order valence-corrected chi connectivity index (χ3v) is 4.78. The lowest BCUT2D eigenvalue weighted by atomic mass is 9.89. The molecule has 3 nitrogen and oxygen atoms in total. The van der Waals surface area contributed by atoms with Crippen LogP contribution in [-0.4, -0.2) is 19.2 Å². The highest BCUT2D eigenvalue weighted by molar-refractivity contribution is 5.90. The van der Waals surface area contributed by atoms with Crippen LogP contribution < -0.4 is 4.74 Å². The molecule has 0 radical (unpaired) electrons. The average molecular weight is 324 g/mol. The standard InChI is InChI=1S/C21H24O3/c1-15-3-11-20(12-4-15)24-21(22)18-7-5-16(6-8-18)17-9-13-19(23-2)14-10-17/h5-10,13-15,20H,3-4,11-12H2,1-2H3. The van der Waals surface area contributed by atoms with Gasteiger partial charge in [0.2, 0.25) is 0 Å². The largest absolute Gasteiger partial charge is 0.497 e. The van der Waals surface area contributed by atoms with Crippen LogP contribution in [0, 0.1) is 5.92 Å². The molecule has 0 N–H and O–H groups in total. The zero-order valence-corrected chi connectivity index (χ0v) is 14.3. The molecule has 0 saturated heterocycles. The van der Waals surface area contributed by atoms with Crippen molar-refractivity contribution in [1.29, 1.82) is 0 Å². The van der Waals surface area contributed by atoms with Crippen LogP contribution in [0.15, 0.2) is 48.5 Å². The Bertz CT molecular complexity index is 665. The number of hydrogen-bond donors (Lipinski definition) is 0. The predicted octanol–water partition coefficient (Wildman–Crippen LogP) is 5.10. The summed E-state index contributed by atoms with van der Waals surface area (Å²) in [5.74, 6) is 1.38. The number of carbonyl (C=O) groups is 1. The maximum Gasteiger partial charge on any atom is 0.338 e. The Kier molecular flexibility index (Phi) is 5.19. The van der Waals surface area contributed by atoms with Crippen molar-refractivity contribution in [3.8, 4) is 16.9 Å². The second-order valence-electron chi connectivity index (χ2n) is 6.59. The second-order valence-corrected chi connectivity index (χ2v) is 6.59. The molecule has 0 aliphatic heterocycles. The third-order valence-electron chi connectivity index (χ3n) is 4.78. The van der Waals surface area contributed by atoms with E-state index in [1.807, 2.05) is 48.5 Å². The number of benzene rings is 2. The van der Waals surface area contributed by atoms with Crippen LogP contribution in [0.5, 0.6) is 5.75 Å². The fraction of sp³-hybridized carbons (Fsp3) is 0.381. The van der Waals surface area contributed by atoms with Crippen LogP contribution in [0.3, 0.4) is 0 Å². The highest BCUT2D eigenvalue weighted by Crippen LogP contribution is 2.27. The van der Waals surface area contributed by atoms with Gasteiger partial charge in [0.05, 0.1) is 12.7 Å². The molecule has 2 aromatic rings. The first kappa shape index (κ1) is 16.6. The number of rotatable bonds is 4. The Morgan fingerprint density at radius 2 is 1.42 bits per heavy atom. The lowest BCUT2D eigenvalue weighted by Gasteiger charge is -2.26. The van der Waals surface area contributed by atoms with Crippen molar-refractivity contribution in [2.75, 3.05) is 7.11 Å². The number of carbonyl (C=O) groups excluding carboxylic acids is 1. The maximum absolute atomic E-state index is 12.3. The minimum atomic E-state index is -0.212. The van der Waals surface area contributed by atoms with Crippen molar-refractivity contribution in [3.05, 3.63) is 54.1 Å². The molecule has 1 aliphatic rings. The summed E-state index contributed by atoms with van der Waals surface area (Å²) in [5.41, 5.74) is 2.78. The minimum absolute atomic E-state index is 0.0787. The van der Waals surface area contributed by atoms with Gasteiger partial charge in [-0.3, -0.25) is 0 Å². The maximum atomic E-state index is 12.3. The fourth-order valence-corrected chi connectivity index (χ4v) is 3.15. The zero-order valence-electron chi connectivity index (χ0n) is 14.3. The van der Waals surface area contributed by atoms with Crippen molar-refractivity contribution in [3.63, 3.8) is 0 Å². The average Bonchev–Trinajstić information content (AvgIpc) is 2.64. The summed E-state index contributed by atoms with van der Waals surface area (Å²) in [6, 6.07) is 15.5. The minimum Gasteiger partial charge on any atom is -0.497 e. The molecular formula is C21H24O3. The number of hydrogen-bond acceptors (Lipinski definition) is 3. The van der Waals surface area contributed by atoms with Crippen LogP contribution in [0.1, 0.15) is 43.0 Å². The summed E-state index contributed by atoms with van der Waals surface area (Å²) < 4.78 is 10.8. The lowest BCUT2D eigenvalue weighted by molar-refractivity contribution is 0.0174. The Morgan fingerprint density at radius 3 is 1.96 bits per heavy atom. The fourth-order valence-electron chi connectivity index (χ4n) is 3.15. The quantitative estimate of drug-likeness (QED) is 0.734. The molecule has 0 unspecified atom stereocenters. The summed E-state index contributed by atoms with van der Waals surface area (Å²) in [6.45, 7) is 2.26. The summed E-state index contributed by atoms with van der Waals surface area (Å²) in [7, 11) is 1.66. The molecule has 0 amide bonds. The normalized spacial score (nSPS) is 20.4. The van der Waals surface area contributed by atoms with Crippen molar-refractivity contribution in [2.45, 2.75) is 38.7 Å². The summed E-state index contributed by atoms with van der Waals surface area (Å²) in [6.07, 6.45) is 4.34. The molecule has 3 heteroatoms. The van der Waals surface area contributed by atoms with E-state index in [0.29, 0.717) is 5.56 Å². The highest BCUT2D eigenvalue weighted by atomic mass is 16.5. The molecule has 3 rings (SSSR count). The first-order chi connectivity index (χ1) is 11.7. The topological polar surface area (TPSA) is 35.5 Å². The van der Waals surface area contributed by atoms with Gasteiger partial charge in [-0.05, 0) is 67.0 Å². The van der Waals surface area contributed by atoms with Gasteiger partial charge in [0.1, 0.15) is 11.9 Å². The predicted molar refractivity (Wildman–Crippen MR) is 95.3 cm³/mol. The van der Waals surface area contributed by atoms with Gasteiger partial charge in [-0.15, -0.1) is 0 Å². The molecule has 0 heterocycles. The Labute approximate surface area is 143 Å². The van der Waals surface area contributed by atoms with Crippen molar-refractivity contribution in [1.82, 2.24) is 0 Å². The van der Waals surface area contributed by atoms with Crippen LogP contribution >= 0.6 is 0 Å². The lowest BCUT2D eigenvalue weighted by Crippen LogP contribution is -2.23. The van der Waals surface area contributed by atoms with Gasteiger partial charge in [0.25, 0.3) is 0 Å². The van der Waals surface area contributed by atoms with E-state index in [1.54, 1.807) is 7.11 Å². The zero-order chi connectivity index (χ0) is 16.9. The van der Waals surface area contributed by atoms with Gasteiger partial charge in [-0.1, -0.05) is 31.2 Å². The molecule has 0 bridgehead atoms. The summed E-state index contributed by atoms with van der Waals surface area (Å²) in [5, 5.41) is 0. The first-order valence-electron chi connectivity index (χ1n) is 8.61. The van der Waals surface area contributed by atoms with E-state index in [9.17, 15) is 4.79 Å². The van der Waals surface area contributed by atoms with Gasteiger partial charge in [0, 0.05) is 0 Å². The van der Waals surface area contributed by atoms with Gasteiger partial charge < -0.3 is 9.47 Å². The third kappa shape index (κ3) is 3.97. The van der Waals surface area contributed by atoms with E-state index >= 15 is 0 Å². The SMILES string of the molecule is COc1ccc(-c2ccc(C(=O)OC3CCC(C)CC3)cc2)cc1. The van der Waals surface area contributed by atoms with Crippen LogP contribution in [-0.2, 0) is 4.74 Å². The molecular weight excluding hydrogens is 300 g/mol. The molecule has 1 saturated carbocycles. The second kappa shape index (κ2) is 7.52. The van der Waals surface area contributed by atoms with Crippen LogP contribution in [0.2, 0.25) is 0 Å². The molecule has 1 fully saturated rings. The monoisotopic (exact) mass is 324 g/mol. The van der Waals surface area contributed by atoms with E-state index in [2.05, 4.69) is 6.92 Å². The van der Waals surface area contributed by atoms with E-state index in [-0.39, 0.29) is 12.1 Å². The molecule has 0 spiro atoms. The first-order valence-corrected chi connectivity index (χ1v) is 8.61. The Hall–Kier alpha value is -2.29. The van der Waals surface area contributed by atoms with Gasteiger partial charge in [0.15, 0.2) is 0 Å². The van der Waals surface area contributed by atoms with Gasteiger partial charge in [-0.25, -0.2) is 4.79 Å². The smallest absolute Gasteiger partial charge is 0.338 e. The number of esters is 1. The molecule has 24 heavy (non-hydrogen) atoms. The summed E-state index contributed by atoms with van der Waals surface area (Å²) in [4.78, 5) is 12.3. The van der Waals surface area contributed by atoms with E-state index in [1.165, 1.54) is 0 Å². The molecule has 126 valence electrons. The highest BCUT2D eigenvalue weighted by Gasteiger charge is 2.22. The van der Waals surface area contributed by atoms with Crippen LogP contribution in [0.4, 0.5) is 0 Å². The van der Waals surface area contributed by atoms with Crippen molar-refractivity contribution in [2.24, 2.45) is 5.92 Å². The van der Waals surface area contributed by atoms with Gasteiger partial charge in [-0.2, -0.15) is 0 Å².